The normalized spacial score (nSPS) is 15.5. The molecule has 14 aromatic rings. The van der Waals surface area contributed by atoms with Gasteiger partial charge in [-0.1, -0.05) is 121 Å². The van der Waals surface area contributed by atoms with Crippen molar-refractivity contribution in [1.29, 1.82) is 0 Å². The van der Waals surface area contributed by atoms with Crippen LogP contribution >= 0.6 is 0 Å². The van der Waals surface area contributed by atoms with Crippen molar-refractivity contribution >= 4 is 126 Å². The smallest absolute Gasteiger partial charge is 0.335 e. The number of carboxylic acids is 2. The zero-order valence-corrected chi connectivity index (χ0v) is 69.4. The van der Waals surface area contributed by atoms with Gasteiger partial charge in [-0.3, -0.25) is 42.9 Å². The van der Waals surface area contributed by atoms with Gasteiger partial charge >= 0.3 is 24.0 Å². The fourth-order valence-electron chi connectivity index (χ4n) is 17.7. The summed E-state index contributed by atoms with van der Waals surface area (Å²) in [6, 6.07) is 54.3. The Hall–Kier alpha value is -16.3. The molecule has 10 aromatic carbocycles. The number of ketones is 4. The van der Waals surface area contributed by atoms with Crippen LogP contribution in [0.15, 0.2) is 227 Å². The number of rotatable bonds is 29. The molecule has 0 bridgehead atoms. The Balaban J connectivity index is 0.575. The predicted octanol–water partition coefficient (Wildman–Crippen LogP) is 15.8. The van der Waals surface area contributed by atoms with Gasteiger partial charge < -0.3 is 64.9 Å². The first kappa shape index (κ1) is 83.6. The number of nitrogens with one attached hydrogen (secondary N) is 5. The van der Waals surface area contributed by atoms with E-state index in [0.717, 1.165) is 57.1 Å². The van der Waals surface area contributed by atoms with Crippen LogP contribution in [0.5, 0.6) is 35.0 Å². The zero-order valence-electron chi connectivity index (χ0n) is 68.6. The highest BCUT2D eigenvalue weighted by Crippen LogP contribution is 2.48. The number of ether oxygens (including phenoxy) is 4. The van der Waals surface area contributed by atoms with Gasteiger partial charge in [-0.25, -0.2) is 9.59 Å². The molecule has 32 nitrogen and oxygen atoms in total. The van der Waals surface area contributed by atoms with Crippen molar-refractivity contribution in [3.05, 3.63) is 300 Å². The molecule has 18 rings (SSSR count). The van der Waals surface area contributed by atoms with Gasteiger partial charge in [-0.05, 0) is 165 Å². The Morgan fingerprint density at radius 2 is 0.884 bits per heavy atom. The van der Waals surface area contributed by atoms with E-state index in [2.05, 4.69) is 41.5 Å². The number of carboxylic acid groups (broad SMARTS) is 2. The lowest BCUT2D eigenvalue weighted by molar-refractivity contribution is -0.121. The minimum absolute atomic E-state index is 0.000321. The van der Waals surface area contributed by atoms with Crippen molar-refractivity contribution in [1.82, 2.24) is 39.0 Å². The maximum atomic E-state index is 15.0. The monoisotopic (exact) mass is 1750 g/mol. The number of aromatic nitrogens is 8. The molecule has 644 valence electrons. The molecule has 0 saturated heterocycles. The summed E-state index contributed by atoms with van der Waals surface area (Å²) < 4.78 is 62.5. The van der Waals surface area contributed by atoms with Gasteiger partial charge in [-0.15, -0.1) is 0 Å². The van der Waals surface area contributed by atoms with Crippen LogP contribution in [-0.4, -0.2) is 122 Å². The summed E-state index contributed by atoms with van der Waals surface area (Å²) in [5.74, 6) is -4.03. The number of aromatic carboxylic acids is 2. The number of nitrogens with zero attached hydrogens (tertiary/aromatic N) is 8. The molecule has 4 aliphatic rings. The van der Waals surface area contributed by atoms with Gasteiger partial charge in [0, 0.05) is 100 Å². The molecule has 129 heavy (non-hydrogen) atoms. The number of pyridine rings is 2. The fourth-order valence-corrected chi connectivity index (χ4v) is 18.4. The van der Waals surface area contributed by atoms with Crippen LogP contribution < -0.4 is 56.6 Å². The maximum absolute atomic E-state index is 15.0. The molecular formula is C96H75N13O19S. The minimum Gasteiger partial charge on any atom is -0.478 e. The largest absolute Gasteiger partial charge is 0.478 e. The second-order valence-electron chi connectivity index (χ2n) is 31.8. The second-order valence-corrected chi connectivity index (χ2v) is 33.2. The predicted molar refractivity (Wildman–Crippen MR) is 475 cm³/mol. The molecule has 4 heterocycles. The van der Waals surface area contributed by atoms with Crippen LogP contribution in [0.1, 0.15) is 154 Å². The van der Waals surface area contributed by atoms with Gasteiger partial charge in [0.25, 0.3) is 34.2 Å². The number of anilines is 8. The molecule has 4 aromatic heterocycles. The molecule has 0 atom stereocenters. The third kappa shape index (κ3) is 16.8. The molecule has 0 radical (unpaired) electrons. The van der Waals surface area contributed by atoms with E-state index in [-0.39, 0.29) is 168 Å². The van der Waals surface area contributed by atoms with E-state index in [1.165, 1.54) is 64.7 Å². The molecule has 0 amide bonds. The standard InChI is InChI=1S/C96H75N13O19S/c1-108-72-35-33-69(78-80(72)76(65-20-9-11-22-67(65)86(78)114)82(88(108)116)84(112)53-15-5-3-6-16-53)97-59-19-13-14-52(39-59)40-75-102-92(105-95(103-75)127-63-43-55(90(118)119)41-61(46-63)125-48-110)98-57-28-24-50(25-29-57)38-51-26-30-58(31-27-51)99-93-104-94(107-96(106-93)128-64-44-56(91(120)121)42-62(47-64)126-49-111)100-60-32-37-74(129(122,123)124)71(45-60)101-70-34-36-73-81-77(66-21-10-12-23-68(66)87(115)79(70)81)83(89(117)109(73)2)85(113)54-17-7-4-8-18-54/h3-23,32-37,39,41-51,57-58,97,101H,24-31,38,40H2,1-2H3,(H,118,119)(H,120,121)(H,122,123,124)(H,98,102,103,105)(H2,99,100,104,106,107). The molecule has 0 unspecified atom stereocenters. The Morgan fingerprint density at radius 3 is 1.37 bits per heavy atom. The molecule has 2 saturated carbocycles. The van der Waals surface area contributed by atoms with E-state index in [1.807, 2.05) is 24.3 Å². The highest BCUT2D eigenvalue weighted by Gasteiger charge is 2.38. The third-order valence-electron chi connectivity index (χ3n) is 23.7. The zero-order chi connectivity index (χ0) is 89.6. The van der Waals surface area contributed by atoms with Crippen LogP contribution in [-0.2, 0) is 40.2 Å². The summed E-state index contributed by atoms with van der Waals surface area (Å²) >= 11 is 0. The van der Waals surface area contributed by atoms with E-state index in [1.54, 1.807) is 134 Å². The molecule has 8 N–H and O–H groups in total. The summed E-state index contributed by atoms with van der Waals surface area (Å²) in [5, 5.41) is 37.3. The molecule has 33 heteroatoms. The third-order valence-corrected chi connectivity index (χ3v) is 24.6. The number of fused-ring (bicyclic) bond motifs is 4. The van der Waals surface area contributed by atoms with Crippen LogP contribution in [0.3, 0.4) is 0 Å². The van der Waals surface area contributed by atoms with Crippen LogP contribution in [0, 0.1) is 11.8 Å². The van der Waals surface area contributed by atoms with Gasteiger partial charge in [-0.2, -0.15) is 38.3 Å². The average molecular weight is 1750 g/mol. The number of carbonyl (C=O) groups excluding carboxylic acids is 6. The maximum Gasteiger partial charge on any atom is 0.335 e. The van der Waals surface area contributed by atoms with Crippen molar-refractivity contribution in [2.75, 3.05) is 26.6 Å². The highest BCUT2D eigenvalue weighted by atomic mass is 32.2. The van der Waals surface area contributed by atoms with E-state index in [4.69, 9.17) is 33.9 Å². The quantitative estimate of drug-likeness (QED) is 0.0123. The van der Waals surface area contributed by atoms with E-state index < -0.39 is 55.4 Å². The second kappa shape index (κ2) is 34.7. The highest BCUT2D eigenvalue weighted by molar-refractivity contribution is 7.86. The summed E-state index contributed by atoms with van der Waals surface area (Å²) in [4.78, 5) is 163. The molecular weight excluding hydrogens is 1670 g/mol. The first-order valence-corrected chi connectivity index (χ1v) is 42.6. The van der Waals surface area contributed by atoms with Crippen LogP contribution in [0.25, 0.3) is 44.1 Å². The number of benzene rings is 10. The lowest BCUT2D eigenvalue weighted by Gasteiger charge is -2.34. The summed E-state index contributed by atoms with van der Waals surface area (Å²) in [7, 11) is -1.97. The topological polar surface area (TPSA) is 450 Å². The van der Waals surface area contributed by atoms with Gasteiger partial charge in [0.15, 0.2) is 23.1 Å². The molecule has 4 aliphatic carbocycles. The number of hydrogen-bond donors (Lipinski definition) is 8. The fraction of sp³-hybridized carbons (Fsp3) is 0.167. The number of aryl methyl sites for hydroxylation is 2. The van der Waals surface area contributed by atoms with Crippen molar-refractivity contribution in [2.45, 2.75) is 81.2 Å². The summed E-state index contributed by atoms with van der Waals surface area (Å²) in [6.45, 7) is 0.278. The molecule has 0 aliphatic heterocycles. The summed E-state index contributed by atoms with van der Waals surface area (Å²) in [5.41, 5.74) is 3.17. The number of carbonyl (C=O) groups is 8. The van der Waals surface area contributed by atoms with E-state index >= 15 is 0 Å². The van der Waals surface area contributed by atoms with Crippen LogP contribution in [0.2, 0.25) is 0 Å². The van der Waals surface area contributed by atoms with Gasteiger partial charge in [0.2, 0.25) is 17.8 Å². The van der Waals surface area contributed by atoms with Crippen molar-refractivity contribution in [3.8, 4) is 57.3 Å². The Bertz CT molecular complexity index is 7300. The average Bonchev–Trinajstić information content (AvgIpc) is 0.709. The number of hydrogen-bond acceptors (Lipinski definition) is 27. The Labute approximate surface area is 732 Å². The Morgan fingerprint density at radius 1 is 0.434 bits per heavy atom. The first-order valence-electron chi connectivity index (χ1n) is 41.1. The Kier molecular flexibility index (Phi) is 22.5. The van der Waals surface area contributed by atoms with Crippen LogP contribution in [0.4, 0.5) is 46.3 Å². The van der Waals surface area contributed by atoms with Gasteiger partial charge in [0.05, 0.1) is 61.5 Å². The molecule has 2 fully saturated rings. The minimum atomic E-state index is -5.03. The van der Waals surface area contributed by atoms with Crippen molar-refractivity contribution < 1.29 is 80.5 Å². The first-order chi connectivity index (χ1) is 62.4. The van der Waals surface area contributed by atoms with E-state index in [0.29, 0.717) is 85.9 Å². The molecule has 0 spiro atoms. The summed E-state index contributed by atoms with van der Waals surface area (Å²) in [6.07, 6.45) is 7.29. The van der Waals surface area contributed by atoms with E-state index in [9.17, 15) is 71.1 Å². The van der Waals surface area contributed by atoms with Crippen molar-refractivity contribution in [2.24, 2.45) is 25.9 Å². The van der Waals surface area contributed by atoms with Crippen molar-refractivity contribution in [3.63, 3.8) is 0 Å². The lowest BCUT2D eigenvalue weighted by atomic mass is 9.75. The lowest BCUT2D eigenvalue weighted by Crippen LogP contribution is -2.30. The SMILES string of the molecule is Cn1c(=O)c(C(=O)c2ccccc2)c2c3c(c(Nc4cccc(Cc5nc(NC6CCC(CC7CCC(Nc8nc(Nc9ccc(S(=O)(=O)O)c(Nc%10ccc%11c%12c%10C(=O)c%10ccccc%10-c%12c(C(=O)c%10ccccc%10)c(=O)n%11C)c9)nc(Oc9cc(OC=O)cc(C(=O)O)c9)n8)CC7)CC6)nc(Oc6cc(OC=O)cc(C(=O)O)c6)n5)c4)ccc31)C(=O)c1ccccc1-2. The van der Waals surface area contributed by atoms with Gasteiger partial charge in [0.1, 0.15) is 33.7 Å².